The summed E-state index contributed by atoms with van der Waals surface area (Å²) >= 11 is 0. The second-order valence-corrected chi connectivity index (χ2v) is 5.18. The van der Waals surface area contributed by atoms with E-state index in [0.717, 1.165) is 0 Å². The fourth-order valence-electron chi connectivity index (χ4n) is 2.18. The van der Waals surface area contributed by atoms with Crippen LogP contribution in [-0.4, -0.2) is 44.9 Å². The highest BCUT2D eigenvalue weighted by Gasteiger charge is 2.50. The van der Waals surface area contributed by atoms with Gasteiger partial charge in [-0.1, -0.05) is 0 Å². The topological polar surface area (TPSA) is 94.1 Å². The largest absolute Gasteiger partial charge is 0.493 e. The molecule has 7 heteroatoms. The van der Waals surface area contributed by atoms with E-state index in [0.29, 0.717) is 35.7 Å². The Kier molecular flexibility index (Phi) is 4.44. The number of methoxy groups -OCH3 is 3. The summed E-state index contributed by atoms with van der Waals surface area (Å²) in [6.07, 6.45) is 1.16. The first-order valence-electron chi connectivity index (χ1n) is 6.79. The van der Waals surface area contributed by atoms with Gasteiger partial charge in [0, 0.05) is 12.1 Å². The molecule has 2 N–H and O–H groups in total. The molecule has 0 bridgehead atoms. The van der Waals surface area contributed by atoms with Crippen LogP contribution in [0.1, 0.15) is 23.2 Å². The van der Waals surface area contributed by atoms with E-state index in [9.17, 15) is 9.59 Å². The third-order valence-corrected chi connectivity index (χ3v) is 3.82. The van der Waals surface area contributed by atoms with Crippen molar-refractivity contribution in [2.45, 2.75) is 12.8 Å². The summed E-state index contributed by atoms with van der Waals surface area (Å²) in [4.78, 5) is 23.3. The van der Waals surface area contributed by atoms with Gasteiger partial charge in [0.1, 0.15) is 0 Å². The Labute approximate surface area is 128 Å². The number of carbonyl (C=O) groups is 2. The van der Waals surface area contributed by atoms with Crippen LogP contribution in [0.25, 0.3) is 0 Å². The van der Waals surface area contributed by atoms with Crippen molar-refractivity contribution in [3.63, 3.8) is 0 Å². The fourth-order valence-corrected chi connectivity index (χ4v) is 2.18. The summed E-state index contributed by atoms with van der Waals surface area (Å²) in [6.45, 7) is 0.109. The average Bonchev–Trinajstić information content (AvgIpc) is 3.32. The summed E-state index contributed by atoms with van der Waals surface area (Å²) < 4.78 is 15.6. The molecular formula is C15H19NO6. The average molecular weight is 309 g/mol. The minimum Gasteiger partial charge on any atom is -0.493 e. The number of carbonyl (C=O) groups excluding carboxylic acids is 1. The molecule has 0 heterocycles. The van der Waals surface area contributed by atoms with Crippen molar-refractivity contribution in [3.8, 4) is 17.2 Å². The first-order chi connectivity index (χ1) is 10.5. The highest BCUT2D eigenvalue weighted by molar-refractivity contribution is 5.96. The second kappa shape index (κ2) is 6.13. The van der Waals surface area contributed by atoms with Crippen molar-refractivity contribution in [1.29, 1.82) is 0 Å². The van der Waals surface area contributed by atoms with Gasteiger partial charge in [0.2, 0.25) is 5.75 Å². The molecule has 2 rings (SSSR count). The number of hydrogen-bond acceptors (Lipinski definition) is 5. The maximum atomic E-state index is 12.2. The van der Waals surface area contributed by atoms with Gasteiger partial charge in [-0.2, -0.15) is 0 Å². The van der Waals surface area contributed by atoms with E-state index >= 15 is 0 Å². The first kappa shape index (κ1) is 15.9. The molecule has 7 nitrogen and oxygen atoms in total. The second-order valence-electron chi connectivity index (χ2n) is 5.18. The van der Waals surface area contributed by atoms with Crippen LogP contribution >= 0.6 is 0 Å². The van der Waals surface area contributed by atoms with Crippen molar-refractivity contribution in [2.24, 2.45) is 5.41 Å². The van der Waals surface area contributed by atoms with Crippen LogP contribution in [0.4, 0.5) is 0 Å². The van der Waals surface area contributed by atoms with Crippen molar-refractivity contribution < 1.29 is 28.9 Å². The fraction of sp³-hybridized carbons (Fsp3) is 0.467. The van der Waals surface area contributed by atoms with Crippen LogP contribution in [0.5, 0.6) is 17.2 Å². The number of aliphatic carboxylic acids is 1. The van der Waals surface area contributed by atoms with E-state index in [1.54, 1.807) is 0 Å². The SMILES string of the molecule is COc1cc(C(=O)NCC2(C(=O)O)CC2)cc(OC)c1OC. The number of carboxylic acid groups (broad SMARTS) is 1. The van der Waals surface area contributed by atoms with E-state index in [2.05, 4.69) is 5.32 Å². The Bertz CT molecular complexity index is 569. The van der Waals surface area contributed by atoms with Crippen molar-refractivity contribution in [1.82, 2.24) is 5.32 Å². The van der Waals surface area contributed by atoms with Crippen LogP contribution < -0.4 is 19.5 Å². The van der Waals surface area contributed by atoms with Gasteiger partial charge in [-0.25, -0.2) is 0 Å². The molecule has 1 fully saturated rings. The van der Waals surface area contributed by atoms with Crippen molar-refractivity contribution in [2.75, 3.05) is 27.9 Å². The molecule has 1 aromatic carbocycles. The molecular weight excluding hydrogens is 290 g/mol. The summed E-state index contributed by atoms with van der Waals surface area (Å²) in [5.41, 5.74) is -0.494. The summed E-state index contributed by atoms with van der Waals surface area (Å²) in [7, 11) is 4.40. The molecule has 0 radical (unpaired) electrons. The molecule has 1 aromatic rings. The summed E-state index contributed by atoms with van der Waals surface area (Å²) in [5.74, 6) is -0.132. The number of carboxylic acids is 1. The maximum absolute atomic E-state index is 12.2. The predicted molar refractivity (Wildman–Crippen MR) is 77.7 cm³/mol. The Morgan fingerprint density at radius 1 is 1.14 bits per heavy atom. The van der Waals surface area contributed by atoms with Crippen LogP contribution in [0, 0.1) is 5.41 Å². The van der Waals surface area contributed by atoms with Gasteiger partial charge < -0.3 is 24.6 Å². The Morgan fingerprint density at radius 3 is 2.05 bits per heavy atom. The minimum atomic E-state index is -0.877. The predicted octanol–water partition coefficient (Wildman–Crippen LogP) is 1.31. The smallest absolute Gasteiger partial charge is 0.311 e. The first-order valence-corrected chi connectivity index (χ1v) is 6.79. The van der Waals surface area contributed by atoms with Crippen LogP contribution in [0.2, 0.25) is 0 Å². The number of amides is 1. The van der Waals surface area contributed by atoms with Crippen LogP contribution in [-0.2, 0) is 4.79 Å². The number of ether oxygens (including phenoxy) is 3. The Hall–Kier alpha value is -2.44. The lowest BCUT2D eigenvalue weighted by molar-refractivity contribution is -0.143. The Morgan fingerprint density at radius 2 is 1.68 bits per heavy atom. The standard InChI is InChI=1S/C15H19NO6/c1-20-10-6-9(7-11(21-2)12(10)22-3)13(17)16-8-15(4-5-15)14(18)19/h6-7H,4-5,8H2,1-3H3,(H,16,17)(H,18,19). The molecule has 0 aliphatic heterocycles. The quantitative estimate of drug-likeness (QED) is 0.788. The lowest BCUT2D eigenvalue weighted by Crippen LogP contribution is -2.34. The highest BCUT2D eigenvalue weighted by atomic mass is 16.5. The number of hydrogen-bond donors (Lipinski definition) is 2. The molecule has 1 aliphatic rings. The molecule has 1 saturated carbocycles. The molecule has 0 unspecified atom stereocenters. The monoisotopic (exact) mass is 309 g/mol. The normalized spacial score (nSPS) is 14.9. The number of nitrogens with one attached hydrogen (secondary N) is 1. The maximum Gasteiger partial charge on any atom is 0.311 e. The van der Waals surface area contributed by atoms with Gasteiger partial charge in [-0.05, 0) is 25.0 Å². The molecule has 0 spiro atoms. The molecule has 1 aliphatic carbocycles. The third kappa shape index (κ3) is 2.93. The summed E-state index contributed by atoms with van der Waals surface area (Å²) in [5, 5.41) is 11.8. The number of benzene rings is 1. The lowest BCUT2D eigenvalue weighted by atomic mass is 10.1. The highest BCUT2D eigenvalue weighted by Crippen LogP contribution is 2.45. The molecule has 120 valence electrons. The van der Waals surface area contributed by atoms with Crippen molar-refractivity contribution in [3.05, 3.63) is 17.7 Å². The van der Waals surface area contributed by atoms with E-state index in [4.69, 9.17) is 19.3 Å². The summed E-state index contributed by atoms with van der Waals surface area (Å²) in [6, 6.07) is 3.05. The van der Waals surface area contributed by atoms with Crippen molar-refractivity contribution >= 4 is 11.9 Å². The zero-order valence-corrected chi connectivity index (χ0v) is 12.8. The zero-order valence-electron chi connectivity index (χ0n) is 12.8. The zero-order chi connectivity index (χ0) is 16.3. The number of rotatable bonds is 7. The van der Waals surface area contributed by atoms with Gasteiger partial charge in [-0.3, -0.25) is 9.59 Å². The van der Waals surface area contributed by atoms with Gasteiger partial charge in [0.05, 0.1) is 26.7 Å². The lowest BCUT2D eigenvalue weighted by Gasteiger charge is -2.15. The molecule has 22 heavy (non-hydrogen) atoms. The minimum absolute atomic E-state index is 0.109. The van der Waals surface area contributed by atoms with Gasteiger partial charge in [-0.15, -0.1) is 0 Å². The molecule has 0 aromatic heterocycles. The van der Waals surface area contributed by atoms with E-state index in [-0.39, 0.29) is 12.5 Å². The van der Waals surface area contributed by atoms with E-state index in [1.165, 1.54) is 33.5 Å². The van der Waals surface area contributed by atoms with Gasteiger partial charge in [0.25, 0.3) is 5.91 Å². The molecule has 1 amide bonds. The van der Waals surface area contributed by atoms with Gasteiger partial charge >= 0.3 is 5.97 Å². The van der Waals surface area contributed by atoms with E-state index in [1.807, 2.05) is 0 Å². The third-order valence-electron chi connectivity index (χ3n) is 3.82. The van der Waals surface area contributed by atoms with E-state index < -0.39 is 11.4 Å². The van der Waals surface area contributed by atoms with Crippen LogP contribution in [0.3, 0.4) is 0 Å². The van der Waals surface area contributed by atoms with Crippen LogP contribution in [0.15, 0.2) is 12.1 Å². The molecule has 0 saturated heterocycles. The molecule has 0 atom stereocenters. The Balaban J connectivity index is 2.17. The van der Waals surface area contributed by atoms with Gasteiger partial charge in [0.15, 0.2) is 11.5 Å².